The number of aliphatic hydroxyl groups is 1. The molecule has 2 aromatic rings. The molecule has 1 fully saturated rings. The number of carboxylic acid groups (broad SMARTS) is 1. The molecule has 1 aliphatic rings. The van der Waals surface area contributed by atoms with E-state index in [9.17, 15) is 27.9 Å². The molecule has 1 amide bonds. The molecule has 1 aromatic carbocycles. The minimum atomic E-state index is -4.46. The number of carboxylic acids is 1. The number of hydrogen-bond acceptors (Lipinski definition) is 4. The molecule has 174 valence electrons. The summed E-state index contributed by atoms with van der Waals surface area (Å²) in [5.74, 6) is -0.906. The van der Waals surface area contributed by atoms with Crippen molar-refractivity contribution in [2.24, 2.45) is 0 Å². The van der Waals surface area contributed by atoms with Gasteiger partial charge >= 0.3 is 12.1 Å². The maximum Gasteiger partial charge on any atom is 0.416 e. The van der Waals surface area contributed by atoms with Crippen LogP contribution in [0.2, 0.25) is 0 Å². The predicted octanol–water partition coefficient (Wildman–Crippen LogP) is 4.77. The Labute approximate surface area is 188 Å². The Morgan fingerprint density at radius 1 is 1.22 bits per heavy atom. The van der Waals surface area contributed by atoms with Crippen LogP contribution in [0.4, 0.5) is 13.2 Å². The molecule has 1 unspecified atom stereocenters. The maximum atomic E-state index is 13.2. The second-order valence-electron chi connectivity index (χ2n) is 8.04. The van der Waals surface area contributed by atoms with Crippen molar-refractivity contribution in [1.29, 1.82) is 0 Å². The normalized spacial score (nSPS) is 17.7. The van der Waals surface area contributed by atoms with E-state index in [-0.39, 0.29) is 28.8 Å². The largest absolute Gasteiger partial charge is 0.477 e. The van der Waals surface area contributed by atoms with Gasteiger partial charge in [0.2, 0.25) is 5.91 Å². The molecule has 5 nitrogen and oxygen atoms in total. The van der Waals surface area contributed by atoms with Gasteiger partial charge in [-0.25, -0.2) is 4.79 Å². The number of aromatic carboxylic acids is 1. The quantitative estimate of drug-likeness (QED) is 0.525. The lowest BCUT2D eigenvalue weighted by molar-refractivity contribution is -0.138. The second-order valence-corrected chi connectivity index (χ2v) is 9.21. The maximum absolute atomic E-state index is 13.2. The third-order valence-electron chi connectivity index (χ3n) is 5.76. The van der Waals surface area contributed by atoms with E-state index in [0.29, 0.717) is 45.1 Å². The van der Waals surface area contributed by atoms with Crippen LogP contribution >= 0.6 is 11.3 Å². The fraction of sp³-hybridized carbons (Fsp3) is 0.478. The molecule has 2 N–H and O–H groups in total. The van der Waals surface area contributed by atoms with Crippen LogP contribution in [0.1, 0.15) is 57.8 Å². The third kappa shape index (κ3) is 6.32. The number of aryl methyl sites for hydroxylation is 1. The van der Waals surface area contributed by atoms with E-state index in [0.717, 1.165) is 10.9 Å². The lowest BCUT2D eigenvalue weighted by Gasteiger charge is -2.26. The number of halogens is 3. The van der Waals surface area contributed by atoms with Crippen LogP contribution in [0.15, 0.2) is 36.4 Å². The number of aliphatic hydroxyl groups excluding tert-OH is 1. The molecule has 3 rings (SSSR count). The molecule has 0 spiro atoms. The number of benzene rings is 1. The molecule has 1 aliphatic heterocycles. The van der Waals surface area contributed by atoms with Gasteiger partial charge in [-0.15, -0.1) is 11.3 Å². The van der Waals surface area contributed by atoms with E-state index < -0.39 is 23.8 Å². The van der Waals surface area contributed by atoms with Crippen molar-refractivity contribution in [3.05, 3.63) is 57.3 Å². The first-order valence-electron chi connectivity index (χ1n) is 10.6. The molecular formula is C23H26F3NO4S. The zero-order chi connectivity index (χ0) is 23.3. The first kappa shape index (κ1) is 24.3. The van der Waals surface area contributed by atoms with Gasteiger partial charge in [0, 0.05) is 23.9 Å². The number of carbonyl (C=O) groups excluding carboxylic acids is 1. The van der Waals surface area contributed by atoms with Gasteiger partial charge in [0.25, 0.3) is 0 Å². The summed E-state index contributed by atoms with van der Waals surface area (Å²) in [6.45, 7) is 0.538. The van der Waals surface area contributed by atoms with E-state index in [1.165, 1.54) is 29.5 Å². The van der Waals surface area contributed by atoms with Crippen LogP contribution in [0.3, 0.4) is 0 Å². The Hall–Kier alpha value is -2.39. The van der Waals surface area contributed by atoms with Gasteiger partial charge in [-0.2, -0.15) is 13.2 Å². The number of nitrogens with zero attached hydrogens (tertiary/aromatic N) is 1. The highest BCUT2D eigenvalue weighted by atomic mass is 32.1. The third-order valence-corrected chi connectivity index (χ3v) is 6.89. The Balaban J connectivity index is 1.49. The standard InChI is InChI=1S/C23H26F3NO4S/c24-23(25,26)19-6-2-1-4-15(19)14-17(28)9-7-16-8-12-21(29)27(16)13-3-5-18-10-11-20(32-18)22(30)31/h1-2,4,6,10-11,16-17,28H,3,5,7-9,12-14H2,(H,30,31)/t16-,17?/m0/s1. The summed E-state index contributed by atoms with van der Waals surface area (Å²) in [5.41, 5.74) is -0.653. The number of hydrogen-bond donors (Lipinski definition) is 2. The van der Waals surface area contributed by atoms with Crippen LogP contribution in [-0.4, -0.2) is 45.7 Å². The first-order valence-corrected chi connectivity index (χ1v) is 11.4. The fourth-order valence-electron chi connectivity index (χ4n) is 4.17. The van der Waals surface area contributed by atoms with Crippen molar-refractivity contribution in [2.45, 2.75) is 63.3 Å². The summed E-state index contributed by atoms with van der Waals surface area (Å²) < 4.78 is 39.5. The lowest BCUT2D eigenvalue weighted by atomic mass is 9.97. The van der Waals surface area contributed by atoms with Gasteiger partial charge in [-0.1, -0.05) is 18.2 Å². The van der Waals surface area contributed by atoms with Crippen molar-refractivity contribution in [3.8, 4) is 0 Å². The number of likely N-dealkylation sites (tertiary alicyclic amines) is 1. The highest BCUT2D eigenvalue weighted by Crippen LogP contribution is 2.33. The zero-order valence-corrected chi connectivity index (χ0v) is 18.3. The fourth-order valence-corrected chi connectivity index (χ4v) is 5.06. The van der Waals surface area contributed by atoms with E-state index >= 15 is 0 Å². The average Bonchev–Trinajstić information content (AvgIpc) is 3.34. The number of carbonyl (C=O) groups is 2. The van der Waals surface area contributed by atoms with Crippen LogP contribution < -0.4 is 0 Å². The molecule has 32 heavy (non-hydrogen) atoms. The summed E-state index contributed by atoms with van der Waals surface area (Å²) in [4.78, 5) is 26.3. The summed E-state index contributed by atoms with van der Waals surface area (Å²) in [6.07, 6.45) is -2.14. The molecule has 0 aliphatic carbocycles. The molecule has 2 heterocycles. The summed E-state index contributed by atoms with van der Waals surface area (Å²) >= 11 is 1.23. The van der Waals surface area contributed by atoms with E-state index in [1.54, 1.807) is 17.0 Å². The number of alkyl halides is 3. The SMILES string of the molecule is O=C(O)c1ccc(CCCN2C(=O)CC[C@@H]2CCC(O)Cc2ccccc2C(F)(F)F)s1. The Bertz CT molecular complexity index is 943. The number of thiophene rings is 1. The summed E-state index contributed by atoms with van der Waals surface area (Å²) in [6, 6.07) is 8.59. The monoisotopic (exact) mass is 469 g/mol. The van der Waals surface area contributed by atoms with Gasteiger partial charge in [-0.05, 0) is 62.3 Å². The predicted molar refractivity (Wildman–Crippen MR) is 115 cm³/mol. The number of amides is 1. The molecule has 1 saturated heterocycles. The van der Waals surface area contributed by atoms with Gasteiger partial charge in [0.05, 0.1) is 11.7 Å². The minimum Gasteiger partial charge on any atom is -0.477 e. The molecule has 0 radical (unpaired) electrons. The topological polar surface area (TPSA) is 77.8 Å². The molecule has 0 bridgehead atoms. The Kier molecular flexibility index (Phi) is 7.95. The van der Waals surface area contributed by atoms with Gasteiger partial charge < -0.3 is 15.1 Å². The molecule has 9 heteroatoms. The molecule has 2 atom stereocenters. The zero-order valence-electron chi connectivity index (χ0n) is 17.5. The summed E-state index contributed by atoms with van der Waals surface area (Å²) in [7, 11) is 0. The Morgan fingerprint density at radius 3 is 2.66 bits per heavy atom. The second kappa shape index (κ2) is 10.5. The van der Waals surface area contributed by atoms with Crippen LogP contribution in [-0.2, 0) is 23.8 Å². The van der Waals surface area contributed by atoms with Crippen molar-refractivity contribution in [2.75, 3.05) is 6.54 Å². The summed E-state index contributed by atoms with van der Waals surface area (Å²) in [5, 5.41) is 19.4. The van der Waals surface area contributed by atoms with E-state index in [4.69, 9.17) is 5.11 Å². The smallest absolute Gasteiger partial charge is 0.416 e. The van der Waals surface area contributed by atoms with Gasteiger partial charge in [0.15, 0.2) is 0 Å². The van der Waals surface area contributed by atoms with Crippen molar-refractivity contribution in [3.63, 3.8) is 0 Å². The lowest BCUT2D eigenvalue weighted by Crippen LogP contribution is -2.34. The van der Waals surface area contributed by atoms with Crippen molar-refractivity contribution in [1.82, 2.24) is 4.90 Å². The van der Waals surface area contributed by atoms with Gasteiger partial charge in [0.1, 0.15) is 4.88 Å². The first-order chi connectivity index (χ1) is 15.1. The van der Waals surface area contributed by atoms with Crippen LogP contribution in [0, 0.1) is 0 Å². The molecule has 1 aromatic heterocycles. The highest BCUT2D eigenvalue weighted by Gasteiger charge is 2.34. The van der Waals surface area contributed by atoms with Gasteiger partial charge in [-0.3, -0.25) is 4.79 Å². The molecular weight excluding hydrogens is 443 g/mol. The van der Waals surface area contributed by atoms with E-state index in [2.05, 4.69) is 0 Å². The van der Waals surface area contributed by atoms with Crippen LogP contribution in [0.25, 0.3) is 0 Å². The Morgan fingerprint density at radius 2 is 1.97 bits per heavy atom. The molecule has 0 saturated carbocycles. The van der Waals surface area contributed by atoms with Crippen molar-refractivity contribution < 1.29 is 33.0 Å². The van der Waals surface area contributed by atoms with Crippen molar-refractivity contribution >= 4 is 23.2 Å². The average molecular weight is 470 g/mol. The number of rotatable bonds is 10. The van der Waals surface area contributed by atoms with E-state index in [1.807, 2.05) is 0 Å². The minimum absolute atomic E-state index is 0.0343. The highest BCUT2D eigenvalue weighted by molar-refractivity contribution is 7.13. The van der Waals surface area contributed by atoms with Crippen LogP contribution in [0.5, 0.6) is 0 Å².